The van der Waals surface area contributed by atoms with E-state index in [0.717, 1.165) is 11.1 Å². The highest BCUT2D eigenvalue weighted by atomic mass is 35.5. The molecule has 0 bridgehead atoms. The number of hydrogen-bond donors (Lipinski definition) is 1. The molecule has 0 spiro atoms. The standard InChI is InChI=1S/C15H21NO4.ClH/c1-4-20-15(17)10-5-9-7-13(18-2)14(19-3)8-11(9)12(16)6-10;/h7-8,10,12H,4-6,16H2,1-3H3;1H. The molecule has 1 aromatic rings. The predicted octanol–water partition coefficient (Wildman–Crippen LogP) is 2.25. The largest absolute Gasteiger partial charge is 0.493 e. The van der Waals surface area contributed by atoms with Gasteiger partial charge in [-0.25, -0.2) is 0 Å². The molecule has 0 radical (unpaired) electrons. The van der Waals surface area contributed by atoms with Crippen molar-refractivity contribution in [3.63, 3.8) is 0 Å². The lowest BCUT2D eigenvalue weighted by Crippen LogP contribution is -2.30. The summed E-state index contributed by atoms with van der Waals surface area (Å²) in [6.45, 7) is 2.20. The zero-order valence-electron chi connectivity index (χ0n) is 12.5. The van der Waals surface area contributed by atoms with Crippen LogP contribution in [0.25, 0.3) is 0 Å². The van der Waals surface area contributed by atoms with E-state index in [9.17, 15) is 4.79 Å². The summed E-state index contributed by atoms with van der Waals surface area (Å²) in [5, 5.41) is 0. The Bertz CT molecular complexity index is 507. The first-order chi connectivity index (χ1) is 9.60. The number of carbonyl (C=O) groups is 1. The Balaban J connectivity index is 0.00000220. The molecule has 0 fully saturated rings. The molecule has 2 unspecified atom stereocenters. The molecule has 0 aliphatic heterocycles. The third-order valence-corrected chi connectivity index (χ3v) is 3.67. The van der Waals surface area contributed by atoms with Crippen molar-refractivity contribution in [3.8, 4) is 11.5 Å². The zero-order chi connectivity index (χ0) is 14.7. The minimum atomic E-state index is -0.187. The molecule has 1 aliphatic rings. The van der Waals surface area contributed by atoms with Gasteiger partial charge in [0.25, 0.3) is 0 Å². The summed E-state index contributed by atoms with van der Waals surface area (Å²) in [6.07, 6.45) is 1.23. The number of rotatable bonds is 4. The van der Waals surface area contributed by atoms with Gasteiger partial charge in [-0.1, -0.05) is 0 Å². The number of benzene rings is 1. The molecule has 0 saturated heterocycles. The molecule has 6 heteroatoms. The van der Waals surface area contributed by atoms with Gasteiger partial charge in [-0.05, 0) is 43.0 Å². The number of halogens is 1. The third kappa shape index (κ3) is 3.60. The second kappa shape index (κ2) is 7.52. The van der Waals surface area contributed by atoms with Crippen molar-refractivity contribution < 1.29 is 19.0 Å². The maximum absolute atomic E-state index is 11.9. The van der Waals surface area contributed by atoms with Gasteiger partial charge in [0.05, 0.1) is 26.7 Å². The molecule has 0 amide bonds. The first kappa shape index (κ1) is 17.6. The maximum Gasteiger partial charge on any atom is 0.309 e. The number of fused-ring (bicyclic) bond motifs is 1. The molecule has 2 N–H and O–H groups in total. The first-order valence-electron chi connectivity index (χ1n) is 6.77. The molecule has 1 aromatic carbocycles. The van der Waals surface area contributed by atoms with Gasteiger partial charge >= 0.3 is 5.97 Å². The number of methoxy groups -OCH3 is 2. The smallest absolute Gasteiger partial charge is 0.309 e. The molecule has 0 aromatic heterocycles. The van der Waals surface area contributed by atoms with Crippen LogP contribution in [-0.2, 0) is 16.0 Å². The van der Waals surface area contributed by atoms with Gasteiger partial charge in [0.2, 0.25) is 0 Å². The predicted molar refractivity (Wildman–Crippen MR) is 82.2 cm³/mol. The molecule has 118 valence electrons. The molecule has 1 aliphatic carbocycles. The summed E-state index contributed by atoms with van der Waals surface area (Å²) in [7, 11) is 3.19. The van der Waals surface area contributed by atoms with Crippen LogP contribution >= 0.6 is 12.4 Å². The van der Waals surface area contributed by atoms with Crippen LogP contribution in [0.1, 0.15) is 30.5 Å². The van der Waals surface area contributed by atoms with Crippen molar-refractivity contribution in [1.29, 1.82) is 0 Å². The highest BCUT2D eigenvalue weighted by molar-refractivity contribution is 5.85. The summed E-state index contributed by atoms with van der Waals surface area (Å²) in [6, 6.07) is 3.62. The van der Waals surface area contributed by atoms with Gasteiger partial charge in [0.1, 0.15) is 0 Å². The van der Waals surface area contributed by atoms with Crippen LogP contribution in [0.4, 0.5) is 0 Å². The summed E-state index contributed by atoms with van der Waals surface area (Å²) in [4.78, 5) is 11.9. The van der Waals surface area contributed by atoms with E-state index in [1.807, 2.05) is 19.1 Å². The second-order valence-electron chi connectivity index (χ2n) is 4.90. The summed E-state index contributed by atoms with van der Waals surface area (Å²) in [5.74, 6) is 0.957. The number of nitrogens with two attached hydrogens (primary N) is 1. The highest BCUT2D eigenvalue weighted by Crippen LogP contribution is 2.39. The van der Waals surface area contributed by atoms with E-state index in [4.69, 9.17) is 19.9 Å². The number of ether oxygens (including phenoxy) is 3. The Morgan fingerprint density at radius 1 is 1.29 bits per heavy atom. The van der Waals surface area contributed by atoms with E-state index in [0.29, 0.717) is 30.9 Å². The molecule has 2 rings (SSSR count). The lowest BCUT2D eigenvalue weighted by atomic mass is 9.81. The molecule has 0 saturated carbocycles. The van der Waals surface area contributed by atoms with Crippen LogP contribution in [0.2, 0.25) is 0 Å². The molecule has 5 nitrogen and oxygen atoms in total. The van der Waals surface area contributed by atoms with E-state index in [1.54, 1.807) is 14.2 Å². The van der Waals surface area contributed by atoms with Crippen molar-refractivity contribution >= 4 is 18.4 Å². The molecular weight excluding hydrogens is 294 g/mol. The Morgan fingerprint density at radius 2 is 1.90 bits per heavy atom. The SMILES string of the molecule is CCOC(=O)C1Cc2cc(OC)c(OC)cc2C(N)C1.Cl. The fraction of sp³-hybridized carbons (Fsp3) is 0.533. The average molecular weight is 316 g/mol. The molecule has 0 heterocycles. The molecular formula is C15H22ClNO4. The topological polar surface area (TPSA) is 70.8 Å². The van der Waals surface area contributed by atoms with E-state index in [2.05, 4.69) is 0 Å². The van der Waals surface area contributed by atoms with Crippen LogP contribution in [0.3, 0.4) is 0 Å². The van der Waals surface area contributed by atoms with E-state index < -0.39 is 0 Å². The molecule has 21 heavy (non-hydrogen) atoms. The lowest BCUT2D eigenvalue weighted by Gasteiger charge is -2.29. The van der Waals surface area contributed by atoms with Crippen molar-refractivity contribution in [3.05, 3.63) is 23.3 Å². The zero-order valence-corrected chi connectivity index (χ0v) is 13.4. The van der Waals surface area contributed by atoms with Gasteiger partial charge in [-0.15, -0.1) is 12.4 Å². The van der Waals surface area contributed by atoms with E-state index in [1.165, 1.54) is 0 Å². The average Bonchev–Trinajstić information content (AvgIpc) is 2.46. The minimum Gasteiger partial charge on any atom is -0.493 e. The van der Waals surface area contributed by atoms with Crippen LogP contribution < -0.4 is 15.2 Å². The highest BCUT2D eigenvalue weighted by Gasteiger charge is 2.31. The number of carbonyl (C=O) groups excluding carboxylic acids is 1. The fourth-order valence-electron chi connectivity index (χ4n) is 2.68. The van der Waals surface area contributed by atoms with Gasteiger partial charge < -0.3 is 19.9 Å². The second-order valence-corrected chi connectivity index (χ2v) is 4.90. The normalized spacial score (nSPS) is 20.0. The van der Waals surface area contributed by atoms with Crippen molar-refractivity contribution in [2.24, 2.45) is 11.7 Å². The quantitative estimate of drug-likeness (QED) is 0.863. The van der Waals surface area contributed by atoms with Crippen molar-refractivity contribution in [2.75, 3.05) is 20.8 Å². The van der Waals surface area contributed by atoms with Crippen molar-refractivity contribution in [2.45, 2.75) is 25.8 Å². The van der Waals surface area contributed by atoms with Gasteiger partial charge in [0.15, 0.2) is 11.5 Å². The summed E-state index contributed by atoms with van der Waals surface area (Å²) < 4.78 is 15.7. The first-order valence-corrected chi connectivity index (χ1v) is 6.77. The number of esters is 1. The van der Waals surface area contributed by atoms with Gasteiger partial charge in [-0.3, -0.25) is 4.79 Å². The summed E-state index contributed by atoms with van der Waals surface area (Å²) in [5.41, 5.74) is 8.23. The van der Waals surface area contributed by atoms with E-state index >= 15 is 0 Å². The van der Waals surface area contributed by atoms with Crippen LogP contribution in [0.5, 0.6) is 11.5 Å². The Kier molecular flexibility index (Phi) is 6.30. The van der Waals surface area contributed by atoms with Crippen LogP contribution in [0, 0.1) is 5.92 Å². The van der Waals surface area contributed by atoms with Gasteiger partial charge in [-0.2, -0.15) is 0 Å². The Hall–Kier alpha value is -1.46. The molecule has 2 atom stereocenters. The van der Waals surface area contributed by atoms with Crippen molar-refractivity contribution in [1.82, 2.24) is 0 Å². The van der Waals surface area contributed by atoms with Gasteiger partial charge in [0, 0.05) is 6.04 Å². The lowest BCUT2D eigenvalue weighted by molar-refractivity contribution is -0.148. The monoisotopic (exact) mass is 315 g/mol. The number of hydrogen-bond acceptors (Lipinski definition) is 5. The minimum absolute atomic E-state index is 0. The third-order valence-electron chi connectivity index (χ3n) is 3.67. The van der Waals surface area contributed by atoms with E-state index in [-0.39, 0.29) is 30.3 Å². The Labute approximate surface area is 131 Å². The maximum atomic E-state index is 11.9. The fourth-order valence-corrected chi connectivity index (χ4v) is 2.68. The summed E-state index contributed by atoms with van der Waals surface area (Å²) >= 11 is 0. The van der Waals surface area contributed by atoms with Crippen LogP contribution in [-0.4, -0.2) is 26.8 Å². The Morgan fingerprint density at radius 3 is 2.48 bits per heavy atom. The van der Waals surface area contributed by atoms with Crippen LogP contribution in [0.15, 0.2) is 12.1 Å².